The van der Waals surface area contributed by atoms with Crippen LogP contribution in [0.2, 0.25) is 0 Å². The molecule has 2 aromatic carbocycles. The fourth-order valence-electron chi connectivity index (χ4n) is 3.88. The van der Waals surface area contributed by atoms with Gasteiger partial charge in [-0.1, -0.05) is 43.2 Å². The minimum absolute atomic E-state index is 0.501. The number of guanidine groups is 1. The zero-order valence-corrected chi connectivity index (χ0v) is 18.5. The molecule has 0 saturated heterocycles. The Morgan fingerprint density at radius 1 is 1.13 bits per heavy atom. The average molecular weight is 421 g/mol. The highest BCUT2D eigenvalue weighted by molar-refractivity contribution is 5.83. The van der Waals surface area contributed by atoms with Gasteiger partial charge in [-0.3, -0.25) is 0 Å². The molecule has 1 aromatic heterocycles. The van der Waals surface area contributed by atoms with Crippen molar-refractivity contribution in [3.63, 3.8) is 0 Å². The number of nitrogens with zero attached hydrogens (tertiary/aromatic N) is 4. The van der Waals surface area contributed by atoms with E-state index in [1.165, 1.54) is 36.5 Å². The van der Waals surface area contributed by atoms with Crippen LogP contribution in [-0.4, -0.2) is 39.9 Å². The Balaban J connectivity index is 1.27. The standard InChI is InChI=1S/C24H32N6O/c1-18-28-29-23(30(18)2)17-26-24(27-21-10-5-6-11-21)25-14-7-15-31-22-13-12-19-8-3-4-9-20(19)16-22/h3-4,8-9,12-13,16,21H,5-7,10-11,14-15,17H2,1-2H3,(H2,25,26,27). The Kier molecular flexibility index (Phi) is 7.02. The normalized spacial score (nSPS) is 14.8. The van der Waals surface area contributed by atoms with E-state index >= 15 is 0 Å². The third-order valence-corrected chi connectivity index (χ3v) is 5.86. The molecule has 7 heteroatoms. The molecule has 0 bridgehead atoms. The number of hydrogen-bond donors (Lipinski definition) is 2. The Morgan fingerprint density at radius 2 is 1.94 bits per heavy atom. The number of ether oxygens (including phenoxy) is 1. The molecule has 1 heterocycles. The predicted octanol–water partition coefficient (Wildman–Crippen LogP) is 3.72. The molecule has 0 radical (unpaired) electrons. The second-order valence-corrected chi connectivity index (χ2v) is 8.15. The van der Waals surface area contributed by atoms with Crippen LogP contribution in [0, 0.1) is 6.92 Å². The summed E-state index contributed by atoms with van der Waals surface area (Å²) < 4.78 is 7.94. The second kappa shape index (κ2) is 10.3. The van der Waals surface area contributed by atoms with Crippen LogP contribution in [0.1, 0.15) is 43.8 Å². The van der Waals surface area contributed by atoms with E-state index in [0.717, 1.165) is 36.3 Å². The lowest BCUT2D eigenvalue weighted by atomic mass is 10.1. The van der Waals surface area contributed by atoms with E-state index < -0.39 is 0 Å². The summed E-state index contributed by atoms with van der Waals surface area (Å²) in [7, 11) is 1.97. The molecule has 0 atom stereocenters. The van der Waals surface area contributed by atoms with Crippen LogP contribution in [0.15, 0.2) is 47.5 Å². The first-order chi connectivity index (χ1) is 15.2. The topological polar surface area (TPSA) is 76.4 Å². The number of hydrogen-bond acceptors (Lipinski definition) is 4. The monoisotopic (exact) mass is 420 g/mol. The van der Waals surface area contributed by atoms with Crippen molar-refractivity contribution in [3.05, 3.63) is 54.1 Å². The maximum absolute atomic E-state index is 5.96. The van der Waals surface area contributed by atoms with Gasteiger partial charge in [-0.2, -0.15) is 0 Å². The van der Waals surface area contributed by atoms with E-state index in [1.54, 1.807) is 0 Å². The first kappa shape index (κ1) is 21.2. The van der Waals surface area contributed by atoms with Crippen LogP contribution >= 0.6 is 0 Å². The molecule has 1 fully saturated rings. The molecule has 1 saturated carbocycles. The van der Waals surface area contributed by atoms with Crippen molar-refractivity contribution in [2.75, 3.05) is 13.2 Å². The fraction of sp³-hybridized carbons (Fsp3) is 0.458. The molecular formula is C24H32N6O. The summed E-state index contributed by atoms with van der Waals surface area (Å²) in [5.74, 6) is 3.52. The number of aliphatic imine (C=N–C) groups is 1. The van der Waals surface area contributed by atoms with E-state index in [2.05, 4.69) is 57.2 Å². The zero-order chi connectivity index (χ0) is 21.5. The van der Waals surface area contributed by atoms with Crippen molar-refractivity contribution in [2.45, 2.75) is 51.6 Å². The average Bonchev–Trinajstić information content (AvgIpc) is 3.41. The summed E-state index contributed by atoms with van der Waals surface area (Å²) in [6.07, 6.45) is 5.87. The molecule has 164 valence electrons. The highest BCUT2D eigenvalue weighted by atomic mass is 16.5. The van der Waals surface area contributed by atoms with Crippen molar-refractivity contribution in [1.82, 2.24) is 25.4 Å². The SMILES string of the molecule is Cc1nnc(CN=C(NCCCOc2ccc3ccccc3c2)NC2CCCC2)n1C. The Hall–Kier alpha value is -3.09. The van der Waals surface area contributed by atoms with Gasteiger partial charge >= 0.3 is 0 Å². The van der Waals surface area contributed by atoms with Crippen LogP contribution in [0.5, 0.6) is 5.75 Å². The fourth-order valence-corrected chi connectivity index (χ4v) is 3.88. The zero-order valence-electron chi connectivity index (χ0n) is 18.5. The van der Waals surface area contributed by atoms with Crippen molar-refractivity contribution in [1.29, 1.82) is 0 Å². The lowest BCUT2D eigenvalue weighted by molar-refractivity contribution is 0.311. The lowest BCUT2D eigenvalue weighted by Gasteiger charge is -2.17. The molecule has 31 heavy (non-hydrogen) atoms. The number of aryl methyl sites for hydroxylation is 1. The minimum Gasteiger partial charge on any atom is -0.494 e. The minimum atomic E-state index is 0.501. The first-order valence-electron chi connectivity index (χ1n) is 11.2. The molecule has 3 aromatic rings. The molecule has 0 amide bonds. The number of rotatable bonds is 8. The first-order valence-corrected chi connectivity index (χ1v) is 11.2. The molecule has 0 aliphatic heterocycles. The molecule has 4 rings (SSSR count). The molecule has 1 aliphatic rings. The third-order valence-electron chi connectivity index (χ3n) is 5.86. The number of nitrogens with one attached hydrogen (secondary N) is 2. The Labute approximate surface area is 183 Å². The van der Waals surface area contributed by atoms with Crippen molar-refractivity contribution in [2.24, 2.45) is 12.0 Å². The van der Waals surface area contributed by atoms with Gasteiger partial charge in [0.25, 0.3) is 0 Å². The van der Waals surface area contributed by atoms with Crippen molar-refractivity contribution < 1.29 is 4.74 Å². The summed E-state index contributed by atoms with van der Waals surface area (Å²) in [6, 6.07) is 15.1. The lowest BCUT2D eigenvalue weighted by Crippen LogP contribution is -2.43. The van der Waals surface area contributed by atoms with Crippen molar-refractivity contribution >= 4 is 16.7 Å². The second-order valence-electron chi connectivity index (χ2n) is 8.15. The van der Waals surface area contributed by atoms with Crippen LogP contribution in [-0.2, 0) is 13.6 Å². The molecular weight excluding hydrogens is 388 g/mol. The predicted molar refractivity (Wildman–Crippen MR) is 124 cm³/mol. The maximum atomic E-state index is 5.96. The highest BCUT2D eigenvalue weighted by Crippen LogP contribution is 2.20. The van der Waals surface area contributed by atoms with E-state index in [4.69, 9.17) is 9.73 Å². The smallest absolute Gasteiger partial charge is 0.191 e. The Bertz CT molecular complexity index is 1020. The summed E-state index contributed by atoms with van der Waals surface area (Å²) >= 11 is 0. The Morgan fingerprint density at radius 3 is 2.71 bits per heavy atom. The van der Waals surface area contributed by atoms with Crippen LogP contribution < -0.4 is 15.4 Å². The van der Waals surface area contributed by atoms with Gasteiger partial charge in [0.15, 0.2) is 11.8 Å². The molecule has 7 nitrogen and oxygen atoms in total. The van der Waals surface area contributed by atoms with Gasteiger partial charge in [0.2, 0.25) is 0 Å². The van der Waals surface area contributed by atoms with Crippen LogP contribution in [0.25, 0.3) is 10.8 Å². The summed E-state index contributed by atoms with van der Waals surface area (Å²) in [5.41, 5.74) is 0. The van der Waals surface area contributed by atoms with Gasteiger partial charge in [-0.25, -0.2) is 4.99 Å². The van der Waals surface area contributed by atoms with E-state index in [-0.39, 0.29) is 0 Å². The molecule has 0 unspecified atom stereocenters. The van der Waals surface area contributed by atoms with Crippen LogP contribution in [0.3, 0.4) is 0 Å². The molecule has 1 aliphatic carbocycles. The van der Waals surface area contributed by atoms with Gasteiger partial charge in [0.1, 0.15) is 18.1 Å². The molecule has 0 spiro atoms. The number of aromatic nitrogens is 3. The maximum Gasteiger partial charge on any atom is 0.191 e. The van der Waals surface area contributed by atoms with Gasteiger partial charge in [0.05, 0.1) is 6.61 Å². The van der Waals surface area contributed by atoms with Gasteiger partial charge in [0, 0.05) is 19.6 Å². The largest absolute Gasteiger partial charge is 0.494 e. The van der Waals surface area contributed by atoms with E-state index in [1.807, 2.05) is 24.6 Å². The van der Waals surface area contributed by atoms with Gasteiger partial charge in [-0.15, -0.1) is 10.2 Å². The van der Waals surface area contributed by atoms with E-state index in [9.17, 15) is 0 Å². The van der Waals surface area contributed by atoms with E-state index in [0.29, 0.717) is 19.2 Å². The van der Waals surface area contributed by atoms with Crippen LogP contribution in [0.4, 0.5) is 0 Å². The highest BCUT2D eigenvalue weighted by Gasteiger charge is 2.16. The summed E-state index contributed by atoms with van der Waals surface area (Å²) in [6.45, 7) is 3.91. The van der Waals surface area contributed by atoms with Gasteiger partial charge in [-0.05, 0) is 49.1 Å². The third kappa shape index (κ3) is 5.75. The quantitative estimate of drug-likeness (QED) is 0.330. The summed E-state index contributed by atoms with van der Waals surface area (Å²) in [4.78, 5) is 4.75. The number of benzene rings is 2. The molecule has 2 N–H and O–H groups in total. The number of fused-ring (bicyclic) bond motifs is 1. The van der Waals surface area contributed by atoms with Crippen molar-refractivity contribution in [3.8, 4) is 5.75 Å². The summed E-state index contributed by atoms with van der Waals surface area (Å²) in [5, 5.41) is 17.8. The van der Waals surface area contributed by atoms with Gasteiger partial charge < -0.3 is 19.9 Å².